The summed E-state index contributed by atoms with van der Waals surface area (Å²) < 4.78 is 28.8. The van der Waals surface area contributed by atoms with E-state index in [0.29, 0.717) is 50.2 Å². The van der Waals surface area contributed by atoms with Gasteiger partial charge < -0.3 is 4.90 Å². The number of hydrogen-bond donors (Lipinski definition) is 0. The van der Waals surface area contributed by atoms with E-state index in [1.807, 2.05) is 25.1 Å². The van der Waals surface area contributed by atoms with E-state index in [1.165, 1.54) is 28.6 Å². The Morgan fingerprint density at radius 3 is 2.12 bits per heavy atom. The number of hydrogen-bond acceptors (Lipinski definition) is 6. The quantitative estimate of drug-likeness (QED) is 0.212. The van der Waals surface area contributed by atoms with E-state index in [9.17, 15) is 23.3 Å². The van der Waals surface area contributed by atoms with Crippen LogP contribution in [0.4, 0.5) is 5.69 Å². The molecule has 1 heterocycles. The number of carbonyl (C=O) groups is 1. The third kappa shape index (κ3) is 8.72. The molecule has 224 valence electrons. The van der Waals surface area contributed by atoms with E-state index < -0.39 is 14.9 Å². The molecule has 0 aliphatic carbocycles. The van der Waals surface area contributed by atoms with Gasteiger partial charge in [0.05, 0.1) is 9.82 Å². The van der Waals surface area contributed by atoms with Gasteiger partial charge in [-0.05, 0) is 61.7 Å². The summed E-state index contributed by atoms with van der Waals surface area (Å²) in [6.07, 6.45) is 1.36. The lowest BCUT2D eigenvalue weighted by molar-refractivity contribution is -0.384. The van der Waals surface area contributed by atoms with Gasteiger partial charge in [-0.15, -0.1) is 12.4 Å². The van der Waals surface area contributed by atoms with Crippen LogP contribution >= 0.6 is 12.4 Å². The van der Waals surface area contributed by atoms with Crippen LogP contribution in [0.2, 0.25) is 0 Å². The fraction of sp³-hybridized carbons (Fsp3) is 0.323. The van der Waals surface area contributed by atoms with Crippen molar-refractivity contribution >= 4 is 34.0 Å². The number of non-ortho nitro benzene ring substituents is 1. The van der Waals surface area contributed by atoms with Gasteiger partial charge in [0.2, 0.25) is 10.0 Å². The van der Waals surface area contributed by atoms with Crippen LogP contribution in [0.1, 0.15) is 34.3 Å². The Morgan fingerprint density at radius 1 is 0.881 bits per heavy atom. The number of aryl methyl sites for hydroxylation is 1. The molecular formula is C31H37ClN4O5S. The van der Waals surface area contributed by atoms with Crippen molar-refractivity contribution in [3.8, 4) is 0 Å². The Kier molecular flexibility index (Phi) is 11.8. The third-order valence-corrected chi connectivity index (χ3v) is 8.98. The molecule has 9 nitrogen and oxygen atoms in total. The lowest BCUT2D eigenvalue weighted by atomic mass is 10.1. The number of nitro benzene ring substituents is 1. The Hall–Kier alpha value is -3.57. The average Bonchev–Trinajstić information content (AvgIpc) is 2.95. The van der Waals surface area contributed by atoms with Crippen LogP contribution in [-0.2, 0) is 16.6 Å². The molecule has 0 bridgehead atoms. The molecule has 1 aliphatic heterocycles. The lowest BCUT2D eigenvalue weighted by Crippen LogP contribution is -2.41. The van der Waals surface area contributed by atoms with Gasteiger partial charge in [-0.3, -0.25) is 19.8 Å². The Morgan fingerprint density at radius 2 is 1.50 bits per heavy atom. The van der Waals surface area contributed by atoms with E-state index in [1.54, 1.807) is 29.2 Å². The number of sulfonamides is 1. The van der Waals surface area contributed by atoms with Crippen LogP contribution < -0.4 is 0 Å². The molecule has 0 radical (unpaired) electrons. The van der Waals surface area contributed by atoms with Gasteiger partial charge in [0.25, 0.3) is 11.6 Å². The molecule has 3 aromatic carbocycles. The highest BCUT2D eigenvalue weighted by Crippen LogP contribution is 2.20. The smallest absolute Gasteiger partial charge is 0.269 e. The van der Waals surface area contributed by atoms with Crippen molar-refractivity contribution < 1.29 is 18.1 Å². The molecule has 0 atom stereocenters. The lowest BCUT2D eigenvalue weighted by Gasteiger charge is -2.31. The van der Waals surface area contributed by atoms with Gasteiger partial charge >= 0.3 is 0 Å². The summed E-state index contributed by atoms with van der Waals surface area (Å²) in [5, 5.41) is 11.1. The fourth-order valence-corrected chi connectivity index (χ4v) is 6.44. The number of rotatable bonds is 6. The van der Waals surface area contributed by atoms with Gasteiger partial charge in [-0.2, -0.15) is 4.31 Å². The SMILES string of the molecule is C=C1CN(C(=O)c2ccc([N+](=O)[O-])cc2)CCCN(Cc2ccccc2)CCCN(S(=O)(=O)c2ccc(C)cc2)C1.Cl. The van der Waals surface area contributed by atoms with Crippen molar-refractivity contribution in [3.63, 3.8) is 0 Å². The summed E-state index contributed by atoms with van der Waals surface area (Å²) >= 11 is 0. The first kappa shape index (κ1) is 32.9. The first-order valence-corrected chi connectivity index (χ1v) is 15.1. The number of amides is 1. The molecule has 1 aliphatic rings. The Labute approximate surface area is 254 Å². The van der Waals surface area contributed by atoms with E-state index in [-0.39, 0.29) is 42.0 Å². The second-order valence-electron chi connectivity index (χ2n) is 10.4. The Bertz CT molecular complexity index is 1470. The van der Waals surface area contributed by atoms with Gasteiger partial charge in [0, 0.05) is 57.0 Å². The predicted octanol–water partition coefficient (Wildman–Crippen LogP) is 5.31. The monoisotopic (exact) mass is 612 g/mol. The normalized spacial score (nSPS) is 16.1. The predicted molar refractivity (Wildman–Crippen MR) is 166 cm³/mol. The largest absolute Gasteiger partial charge is 0.335 e. The summed E-state index contributed by atoms with van der Waals surface area (Å²) in [7, 11) is -3.79. The summed E-state index contributed by atoms with van der Waals surface area (Å²) in [6, 6.07) is 22.5. The van der Waals surface area contributed by atoms with Crippen LogP contribution in [-0.4, -0.2) is 72.6 Å². The molecule has 0 unspecified atom stereocenters. The standard InChI is InChI=1S/C31H36N4O5S.ClH/c1-25-10-16-30(17-11-25)41(39,40)34-21-7-19-32(24-27-8-4-3-5-9-27)18-6-20-33(22-26(2)23-34)31(36)28-12-14-29(15-13-28)35(37)38;/h3-5,8-17H,2,6-7,18-24H2,1H3;1H. The molecule has 3 aromatic rings. The van der Waals surface area contributed by atoms with E-state index in [2.05, 4.69) is 23.6 Å². The minimum atomic E-state index is -3.79. The number of benzene rings is 3. The average molecular weight is 613 g/mol. The van der Waals surface area contributed by atoms with Crippen LogP contribution in [0.3, 0.4) is 0 Å². The number of halogens is 1. The zero-order chi connectivity index (χ0) is 29.4. The molecule has 1 saturated heterocycles. The van der Waals surface area contributed by atoms with Crippen molar-refractivity contribution in [2.75, 3.05) is 39.3 Å². The molecule has 1 fully saturated rings. The van der Waals surface area contributed by atoms with Crippen molar-refractivity contribution in [2.45, 2.75) is 31.2 Å². The molecule has 0 saturated carbocycles. The molecule has 1 amide bonds. The highest BCUT2D eigenvalue weighted by molar-refractivity contribution is 7.89. The van der Waals surface area contributed by atoms with Crippen LogP contribution in [0.15, 0.2) is 95.9 Å². The topological polar surface area (TPSA) is 104 Å². The molecule has 42 heavy (non-hydrogen) atoms. The summed E-state index contributed by atoms with van der Waals surface area (Å²) in [4.78, 5) is 28.3. The first-order chi connectivity index (χ1) is 19.6. The van der Waals surface area contributed by atoms with Gasteiger partial charge in [0.1, 0.15) is 0 Å². The van der Waals surface area contributed by atoms with Gasteiger partial charge in [0.15, 0.2) is 0 Å². The molecular weight excluding hydrogens is 576 g/mol. The van der Waals surface area contributed by atoms with Crippen LogP contribution in [0, 0.1) is 17.0 Å². The summed E-state index contributed by atoms with van der Waals surface area (Å²) in [5.74, 6) is -0.277. The van der Waals surface area contributed by atoms with E-state index in [4.69, 9.17) is 0 Å². The number of carbonyl (C=O) groups excluding carboxylic acids is 1. The minimum Gasteiger partial charge on any atom is -0.335 e. The highest BCUT2D eigenvalue weighted by Gasteiger charge is 2.27. The second-order valence-corrected chi connectivity index (χ2v) is 12.3. The van der Waals surface area contributed by atoms with Crippen molar-refractivity contribution in [1.29, 1.82) is 0 Å². The fourth-order valence-electron chi connectivity index (χ4n) is 4.94. The second kappa shape index (κ2) is 15.1. The zero-order valence-electron chi connectivity index (χ0n) is 23.7. The third-order valence-electron chi connectivity index (χ3n) is 7.12. The van der Waals surface area contributed by atoms with Crippen molar-refractivity contribution in [1.82, 2.24) is 14.1 Å². The maximum atomic E-state index is 13.7. The van der Waals surface area contributed by atoms with Crippen molar-refractivity contribution in [2.24, 2.45) is 0 Å². The summed E-state index contributed by atoms with van der Waals surface area (Å²) in [5.41, 5.74) is 2.97. The Balaban J connectivity index is 0.00000484. The minimum absolute atomic E-state index is 0. The maximum Gasteiger partial charge on any atom is 0.269 e. The van der Waals surface area contributed by atoms with Crippen molar-refractivity contribution in [3.05, 3.63) is 118 Å². The molecule has 0 N–H and O–H groups in total. The van der Waals surface area contributed by atoms with E-state index in [0.717, 1.165) is 17.7 Å². The molecule has 0 spiro atoms. The molecule has 4 rings (SSSR count). The van der Waals surface area contributed by atoms with Crippen LogP contribution in [0.25, 0.3) is 0 Å². The van der Waals surface area contributed by atoms with E-state index >= 15 is 0 Å². The maximum absolute atomic E-state index is 13.7. The van der Waals surface area contributed by atoms with Crippen LogP contribution in [0.5, 0.6) is 0 Å². The number of nitro groups is 1. The molecule has 0 aromatic heterocycles. The summed E-state index contributed by atoms with van der Waals surface area (Å²) in [6.45, 7) is 9.19. The first-order valence-electron chi connectivity index (χ1n) is 13.7. The van der Waals surface area contributed by atoms with Gasteiger partial charge in [-0.25, -0.2) is 8.42 Å². The zero-order valence-corrected chi connectivity index (χ0v) is 25.4. The van der Waals surface area contributed by atoms with Gasteiger partial charge in [-0.1, -0.05) is 54.6 Å². The molecule has 11 heteroatoms. The highest BCUT2D eigenvalue weighted by atomic mass is 35.5. The number of nitrogens with zero attached hydrogens (tertiary/aromatic N) is 4.